The fourth-order valence-corrected chi connectivity index (χ4v) is 1.71. The van der Waals surface area contributed by atoms with Gasteiger partial charge in [0.1, 0.15) is 11.3 Å². The minimum atomic E-state index is -0.637. The molecule has 0 unspecified atom stereocenters. The van der Waals surface area contributed by atoms with Crippen LogP contribution in [-0.4, -0.2) is 25.6 Å². The SMILES string of the molecule is Cn1cnnc1CNC(=O)c1ccc(Cl)c([N+](=O)[O-])c1. The number of halogens is 1. The molecule has 1 aromatic heterocycles. The monoisotopic (exact) mass is 295 g/mol. The summed E-state index contributed by atoms with van der Waals surface area (Å²) in [4.78, 5) is 22.0. The maximum atomic E-state index is 11.9. The molecule has 1 amide bonds. The molecule has 20 heavy (non-hydrogen) atoms. The van der Waals surface area contributed by atoms with Gasteiger partial charge in [0.2, 0.25) is 0 Å². The predicted octanol–water partition coefficient (Wildman–Crippen LogP) is 1.31. The zero-order valence-electron chi connectivity index (χ0n) is 10.4. The number of amides is 1. The van der Waals surface area contributed by atoms with Crippen LogP contribution in [0.2, 0.25) is 5.02 Å². The predicted molar refractivity (Wildman–Crippen MR) is 70.3 cm³/mol. The maximum absolute atomic E-state index is 11.9. The van der Waals surface area contributed by atoms with Gasteiger partial charge in [-0.2, -0.15) is 0 Å². The molecule has 9 heteroatoms. The Morgan fingerprint density at radius 3 is 2.90 bits per heavy atom. The summed E-state index contributed by atoms with van der Waals surface area (Å²) in [6.45, 7) is 0.172. The van der Waals surface area contributed by atoms with Crippen molar-refractivity contribution in [3.8, 4) is 0 Å². The molecule has 0 spiro atoms. The highest BCUT2D eigenvalue weighted by Crippen LogP contribution is 2.24. The van der Waals surface area contributed by atoms with Gasteiger partial charge in [-0.1, -0.05) is 11.6 Å². The lowest BCUT2D eigenvalue weighted by molar-refractivity contribution is -0.384. The van der Waals surface area contributed by atoms with Crippen LogP contribution in [0.4, 0.5) is 5.69 Å². The second-order valence-electron chi connectivity index (χ2n) is 3.96. The number of aryl methyl sites for hydroxylation is 1. The highest BCUT2D eigenvalue weighted by atomic mass is 35.5. The van der Waals surface area contributed by atoms with Crippen LogP contribution >= 0.6 is 11.6 Å². The van der Waals surface area contributed by atoms with Crippen LogP contribution in [0.5, 0.6) is 0 Å². The quantitative estimate of drug-likeness (QED) is 0.676. The number of rotatable bonds is 4. The van der Waals surface area contributed by atoms with Crippen LogP contribution < -0.4 is 5.32 Å². The zero-order valence-corrected chi connectivity index (χ0v) is 11.2. The number of nitro benzene ring substituents is 1. The third-order valence-electron chi connectivity index (χ3n) is 2.62. The normalized spacial score (nSPS) is 10.3. The molecule has 1 N–H and O–H groups in total. The minimum absolute atomic E-state index is 0.0140. The topological polar surface area (TPSA) is 103 Å². The summed E-state index contributed by atoms with van der Waals surface area (Å²) in [7, 11) is 1.74. The van der Waals surface area contributed by atoms with Crippen LogP contribution in [-0.2, 0) is 13.6 Å². The fraction of sp³-hybridized carbons (Fsp3) is 0.182. The first kappa shape index (κ1) is 13.9. The Balaban J connectivity index is 2.12. The van der Waals surface area contributed by atoms with E-state index in [0.29, 0.717) is 5.82 Å². The first-order chi connectivity index (χ1) is 9.49. The van der Waals surface area contributed by atoms with Crippen LogP contribution in [0.3, 0.4) is 0 Å². The lowest BCUT2D eigenvalue weighted by Crippen LogP contribution is -2.24. The molecule has 0 bridgehead atoms. The molecule has 0 aliphatic heterocycles. The molecular weight excluding hydrogens is 286 g/mol. The molecule has 0 saturated carbocycles. The zero-order chi connectivity index (χ0) is 14.7. The summed E-state index contributed by atoms with van der Waals surface area (Å²) in [5, 5.41) is 20.8. The molecule has 2 aromatic rings. The van der Waals surface area contributed by atoms with E-state index in [2.05, 4.69) is 15.5 Å². The Bertz CT molecular complexity index is 670. The van der Waals surface area contributed by atoms with E-state index in [-0.39, 0.29) is 22.8 Å². The number of hydrogen-bond donors (Lipinski definition) is 1. The van der Waals surface area contributed by atoms with Crippen molar-refractivity contribution in [2.75, 3.05) is 0 Å². The molecule has 0 atom stereocenters. The second-order valence-corrected chi connectivity index (χ2v) is 4.37. The van der Waals surface area contributed by atoms with Crippen molar-refractivity contribution in [3.63, 3.8) is 0 Å². The van der Waals surface area contributed by atoms with E-state index >= 15 is 0 Å². The smallest absolute Gasteiger partial charge is 0.288 e. The Kier molecular flexibility index (Phi) is 3.94. The molecule has 0 aliphatic rings. The first-order valence-corrected chi connectivity index (χ1v) is 5.92. The van der Waals surface area contributed by atoms with Crippen molar-refractivity contribution < 1.29 is 9.72 Å². The number of nitrogens with zero attached hydrogens (tertiary/aromatic N) is 4. The van der Waals surface area contributed by atoms with Gasteiger partial charge >= 0.3 is 0 Å². The van der Waals surface area contributed by atoms with Gasteiger partial charge < -0.3 is 9.88 Å². The van der Waals surface area contributed by atoms with Crippen molar-refractivity contribution >= 4 is 23.2 Å². The number of nitrogens with one attached hydrogen (secondary N) is 1. The molecule has 1 aromatic carbocycles. The first-order valence-electron chi connectivity index (χ1n) is 5.54. The van der Waals surface area contributed by atoms with Gasteiger partial charge in [-0.15, -0.1) is 10.2 Å². The molecule has 0 fully saturated rings. The summed E-state index contributed by atoms with van der Waals surface area (Å²) < 4.78 is 1.66. The molecule has 1 heterocycles. The number of benzene rings is 1. The number of nitro groups is 1. The lowest BCUT2D eigenvalue weighted by Gasteiger charge is -2.05. The van der Waals surface area contributed by atoms with Gasteiger partial charge in [0.15, 0.2) is 5.82 Å². The van der Waals surface area contributed by atoms with Crippen LogP contribution in [0.1, 0.15) is 16.2 Å². The lowest BCUT2D eigenvalue weighted by atomic mass is 10.2. The Morgan fingerprint density at radius 2 is 2.30 bits per heavy atom. The molecule has 8 nitrogen and oxygen atoms in total. The average molecular weight is 296 g/mol. The molecule has 0 radical (unpaired) electrons. The van der Waals surface area contributed by atoms with E-state index < -0.39 is 10.8 Å². The van der Waals surface area contributed by atoms with Gasteiger partial charge in [-0.25, -0.2) is 0 Å². The average Bonchev–Trinajstić information content (AvgIpc) is 2.81. The summed E-state index contributed by atoms with van der Waals surface area (Å²) in [5.74, 6) is 0.120. The molecule has 0 saturated heterocycles. The number of hydrogen-bond acceptors (Lipinski definition) is 5. The minimum Gasteiger partial charge on any atom is -0.345 e. The van der Waals surface area contributed by atoms with Crippen molar-refractivity contribution in [3.05, 3.63) is 51.1 Å². The summed E-state index contributed by atoms with van der Waals surface area (Å²) in [6.07, 6.45) is 1.51. The van der Waals surface area contributed by atoms with Gasteiger partial charge in [0.05, 0.1) is 11.5 Å². The van der Waals surface area contributed by atoms with E-state index in [1.807, 2.05) is 0 Å². The third kappa shape index (κ3) is 2.91. The van der Waals surface area contributed by atoms with Gasteiger partial charge in [0.25, 0.3) is 11.6 Å². The number of carbonyl (C=O) groups is 1. The van der Waals surface area contributed by atoms with Gasteiger partial charge in [0, 0.05) is 18.7 Å². The largest absolute Gasteiger partial charge is 0.345 e. The Morgan fingerprint density at radius 1 is 1.55 bits per heavy atom. The molecule has 0 aliphatic carbocycles. The van der Waals surface area contributed by atoms with E-state index in [4.69, 9.17) is 11.6 Å². The van der Waals surface area contributed by atoms with E-state index in [1.165, 1.54) is 18.5 Å². The van der Waals surface area contributed by atoms with Crippen LogP contribution in [0, 0.1) is 10.1 Å². The van der Waals surface area contributed by atoms with Crippen LogP contribution in [0.25, 0.3) is 0 Å². The Labute approximate surface area is 118 Å². The standard InChI is InChI=1S/C11H10ClN5O3/c1-16-6-14-15-10(16)5-13-11(18)7-2-3-8(12)9(4-7)17(19)20/h2-4,6H,5H2,1H3,(H,13,18). The molecular formula is C11H10ClN5O3. The van der Waals surface area contributed by atoms with Crippen molar-refractivity contribution in [1.82, 2.24) is 20.1 Å². The second kappa shape index (κ2) is 5.66. The van der Waals surface area contributed by atoms with E-state index in [0.717, 1.165) is 6.07 Å². The molecule has 2 rings (SSSR count). The van der Waals surface area contributed by atoms with Crippen molar-refractivity contribution in [2.45, 2.75) is 6.54 Å². The van der Waals surface area contributed by atoms with E-state index in [1.54, 1.807) is 11.6 Å². The van der Waals surface area contributed by atoms with Crippen LogP contribution in [0.15, 0.2) is 24.5 Å². The fourth-order valence-electron chi connectivity index (χ4n) is 1.52. The maximum Gasteiger partial charge on any atom is 0.288 e. The van der Waals surface area contributed by atoms with E-state index in [9.17, 15) is 14.9 Å². The summed E-state index contributed by atoms with van der Waals surface area (Å²) in [6, 6.07) is 3.87. The third-order valence-corrected chi connectivity index (χ3v) is 2.94. The summed E-state index contributed by atoms with van der Waals surface area (Å²) in [5.41, 5.74) is -0.152. The van der Waals surface area contributed by atoms with Gasteiger partial charge in [-0.3, -0.25) is 14.9 Å². The van der Waals surface area contributed by atoms with Crippen molar-refractivity contribution in [2.24, 2.45) is 7.05 Å². The number of aromatic nitrogens is 3. The Hall–Kier alpha value is -2.48. The number of carbonyl (C=O) groups excluding carboxylic acids is 1. The molecule has 104 valence electrons. The summed E-state index contributed by atoms with van der Waals surface area (Å²) >= 11 is 5.68. The van der Waals surface area contributed by atoms with Gasteiger partial charge in [-0.05, 0) is 12.1 Å². The van der Waals surface area contributed by atoms with Crippen molar-refractivity contribution in [1.29, 1.82) is 0 Å². The highest BCUT2D eigenvalue weighted by Gasteiger charge is 2.16. The highest BCUT2D eigenvalue weighted by molar-refractivity contribution is 6.32.